The minimum atomic E-state index is -1.31. The van der Waals surface area contributed by atoms with Crippen molar-refractivity contribution < 1.29 is 38.4 Å². The molecule has 0 spiro atoms. The zero-order valence-corrected chi connectivity index (χ0v) is 20.0. The summed E-state index contributed by atoms with van der Waals surface area (Å²) in [7, 11) is 0. The predicted octanol–water partition coefficient (Wildman–Crippen LogP) is 2.16. The molecule has 35 heavy (non-hydrogen) atoms. The SMILES string of the molecule is CC(=O)OCC(C)(OC(C)=O)[C@H]1C[C@@H](O)[C@]2(C)Oc3cc(-c4cccnc4)oc(=O)c3[C@H](O)[C@H]2C1. The van der Waals surface area contributed by atoms with Crippen LogP contribution < -0.4 is 10.4 Å². The number of aliphatic hydroxyl groups is 2. The molecule has 0 saturated heterocycles. The first-order valence-electron chi connectivity index (χ1n) is 11.4. The Labute approximate surface area is 201 Å². The molecule has 6 atom stereocenters. The molecule has 2 aliphatic rings. The lowest BCUT2D eigenvalue weighted by Gasteiger charge is -2.54. The molecule has 1 unspecified atom stereocenters. The Morgan fingerprint density at radius 3 is 2.63 bits per heavy atom. The van der Waals surface area contributed by atoms with Crippen molar-refractivity contribution >= 4 is 11.9 Å². The van der Waals surface area contributed by atoms with E-state index in [0.717, 1.165) is 0 Å². The first-order chi connectivity index (χ1) is 16.4. The Bertz CT molecular complexity index is 1180. The first-order valence-corrected chi connectivity index (χ1v) is 11.4. The number of nitrogens with zero attached hydrogens (tertiary/aromatic N) is 1. The van der Waals surface area contributed by atoms with Crippen molar-refractivity contribution in [2.45, 2.75) is 63.9 Å². The largest absolute Gasteiger partial charge is 0.484 e. The van der Waals surface area contributed by atoms with Crippen LogP contribution in [0, 0.1) is 11.8 Å². The van der Waals surface area contributed by atoms with E-state index in [-0.39, 0.29) is 36.5 Å². The van der Waals surface area contributed by atoms with Gasteiger partial charge in [0, 0.05) is 49.7 Å². The third kappa shape index (κ3) is 4.55. The lowest BCUT2D eigenvalue weighted by Crippen LogP contribution is -2.62. The van der Waals surface area contributed by atoms with E-state index in [0.29, 0.717) is 5.56 Å². The highest BCUT2D eigenvalue weighted by molar-refractivity contribution is 5.67. The normalized spacial score (nSPS) is 29.1. The van der Waals surface area contributed by atoms with E-state index in [4.69, 9.17) is 18.6 Å². The molecule has 1 aliphatic heterocycles. The summed E-state index contributed by atoms with van der Waals surface area (Å²) >= 11 is 0. The molecule has 2 aromatic heterocycles. The van der Waals surface area contributed by atoms with Crippen molar-refractivity contribution in [3.63, 3.8) is 0 Å². The van der Waals surface area contributed by atoms with E-state index in [1.807, 2.05) is 0 Å². The van der Waals surface area contributed by atoms with Crippen LogP contribution in [-0.2, 0) is 19.1 Å². The van der Waals surface area contributed by atoms with Gasteiger partial charge in [-0.2, -0.15) is 0 Å². The zero-order chi connectivity index (χ0) is 25.5. The van der Waals surface area contributed by atoms with Gasteiger partial charge in [0.15, 0.2) is 0 Å². The maximum absolute atomic E-state index is 12.9. The Morgan fingerprint density at radius 1 is 1.26 bits per heavy atom. The monoisotopic (exact) mass is 487 g/mol. The van der Waals surface area contributed by atoms with Crippen molar-refractivity contribution in [2.24, 2.45) is 11.8 Å². The van der Waals surface area contributed by atoms with Crippen LogP contribution in [0.5, 0.6) is 5.75 Å². The van der Waals surface area contributed by atoms with Crippen LogP contribution in [0.1, 0.15) is 52.2 Å². The molecular weight excluding hydrogens is 458 g/mol. The second-order valence-corrected chi connectivity index (χ2v) is 9.63. The standard InChI is InChI=1S/C25H29NO9/c1-13(27)32-12-24(3,34-14(2)28)16-8-17-22(30)21-19(35-25(17,4)20(29)9-16)10-18(33-23(21)31)15-6-5-7-26-11-15/h5-7,10-11,16-17,20,22,29-30H,8-9,12H2,1-4H3/t16-,17-,20-,22-,24?,25-/m1/s1. The number of rotatable bonds is 5. The number of carbonyl (C=O) groups is 2. The molecule has 10 heteroatoms. The fourth-order valence-corrected chi connectivity index (χ4v) is 5.20. The van der Waals surface area contributed by atoms with Gasteiger partial charge in [0.25, 0.3) is 0 Å². The van der Waals surface area contributed by atoms with Crippen LogP contribution in [0.3, 0.4) is 0 Å². The minimum absolute atomic E-state index is 0.0397. The summed E-state index contributed by atoms with van der Waals surface area (Å²) in [5.74, 6) is -1.99. The number of esters is 2. The predicted molar refractivity (Wildman–Crippen MR) is 121 cm³/mol. The van der Waals surface area contributed by atoms with Gasteiger partial charge >= 0.3 is 17.6 Å². The highest BCUT2D eigenvalue weighted by Gasteiger charge is 2.58. The van der Waals surface area contributed by atoms with E-state index >= 15 is 0 Å². The van der Waals surface area contributed by atoms with Crippen molar-refractivity contribution in [3.8, 4) is 17.1 Å². The number of aliphatic hydroxyl groups excluding tert-OH is 2. The van der Waals surface area contributed by atoms with E-state index in [2.05, 4.69) is 4.98 Å². The van der Waals surface area contributed by atoms with Gasteiger partial charge < -0.3 is 28.8 Å². The molecule has 4 rings (SSSR count). The van der Waals surface area contributed by atoms with Crippen molar-refractivity contribution in [1.82, 2.24) is 4.98 Å². The summed E-state index contributed by atoms with van der Waals surface area (Å²) in [6.07, 6.45) is 1.10. The summed E-state index contributed by atoms with van der Waals surface area (Å²) < 4.78 is 22.4. The fraction of sp³-hybridized carbons (Fsp3) is 0.520. The minimum Gasteiger partial charge on any atom is -0.484 e. The topological polar surface area (TPSA) is 145 Å². The van der Waals surface area contributed by atoms with Gasteiger partial charge in [0.1, 0.15) is 34.9 Å². The van der Waals surface area contributed by atoms with Gasteiger partial charge in [-0.05, 0) is 38.8 Å². The second-order valence-electron chi connectivity index (χ2n) is 9.63. The highest BCUT2D eigenvalue weighted by Crippen LogP contribution is 2.53. The molecular formula is C25H29NO9. The first kappa shape index (κ1) is 24.9. The molecule has 1 aliphatic carbocycles. The zero-order valence-electron chi connectivity index (χ0n) is 20.0. The number of hydrogen-bond acceptors (Lipinski definition) is 10. The van der Waals surface area contributed by atoms with Crippen LogP contribution in [0.25, 0.3) is 11.3 Å². The van der Waals surface area contributed by atoms with Crippen LogP contribution in [-0.4, -0.2) is 51.0 Å². The number of ether oxygens (including phenoxy) is 3. The quantitative estimate of drug-likeness (QED) is 0.602. The van der Waals surface area contributed by atoms with Crippen molar-refractivity contribution in [3.05, 3.63) is 46.6 Å². The molecule has 3 heterocycles. The average Bonchev–Trinajstić information content (AvgIpc) is 2.78. The highest BCUT2D eigenvalue weighted by atomic mass is 16.6. The van der Waals surface area contributed by atoms with E-state index in [1.54, 1.807) is 32.2 Å². The van der Waals surface area contributed by atoms with Crippen molar-refractivity contribution in [2.75, 3.05) is 6.61 Å². The Hall–Kier alpha value is -3.24. The molecule has 1 fully saturated rings. The number of aromatic nitrogens is 1. The summed E-state index contributed by atoms with van der Waals surface area (Å²) in [6, 6.07) is 4.93. The summed E-state index contributed by atoms with van der Waals surface area (Å²) in [5.41, 5.74) is -2.72. The number of fused-ring (bicyclic) bond motifs is 2. The lowest BCUT2D eigenvalue weighted by molar-refractivity contribution is -0.205. The third-order valence-corrected chi connectivity index (χ3v) is 7.15. The van der Waals surface area contributed by atoms with E-state index < -0.39 is 52.8 Å². The number of hydrogen-bond donors (Lipinski definition) is 2. The molecule has 0 radical (unpaired) electrons. The summed E-state index contributed by atoms with van der Waals surface area (Å²) in [6.45, 7) is 5.58. The molecule has 10 nitrogen and oxygen atoms in total. The van der Waals surface area contributed by atoms with Crippen molar-refractivity contribution in [1.29, 1.82) is 0 Å². The molecule has 0 aromatic carbocycles. The second kappa shape index (κ2) is 9.09. The molecule has 2 aromatic rings. The maximum atomic E-state index is 12.9. The number of carbonyl (C=O) groups excluding carboxylic acids is 2. The number of pyridine rings is 1. The lowest BCUT2D eigenvalue weighted by atomic mass is 9.62. The van der Waals surface area contributed by atoms with Gasteiger partial charge in [-0.25, -0.2) is 4.79 Å². The van der Waals surface area contributed by atoms with Crippen LogP contribution in [0.4, 0.5) is 0 Å². The fourth-order valence-electron chi connectivity index (χ4n) is 5.20. The molecule has 0 amide bonds. The molecule has 1 saturated carbocycles. The molecule has 0 bridgehead atoms. The smallest absolute Gasteiger partial charge is 0.345 e. The Kier molecular flexibility index (Phi) is 6.46. The Balaban J connectivity index is 1.71. The molecule has 188 valence electrons. The van der Waals surface area contributed by atoms with Crippen LogP contribution in [0.2, 0.25) is 0 Å². The third-order valence-electron chi connectivity index (χ3n) is 7.15. The van der Waals surface area contributed by atoms with E-state index in [9.17, 15) is 24.6 Å². The van der Waals surface area contributed by atoms with Gasteiger partial charge in [-0.15, -0.1) is 0 Å². The van der Waals surface area contributed by atoms with Gasteiger partial charge in [-0.1, -0.05) is 0 Å². The summed E-state index contributed by atoms with van der Waals surface area (Å²) in [5, 5.41) is 22.5. The van der Waals surface area contributed by atoms with Gasteiger partial charge in [-0.3, -0.25) is 14.6 Å². The Morgan fingerprint density at radius 2 is 2.00 bits per heavy atom. The van der Waals surface area contributed by atoms with Crippen LogP contribution >= 0.6 is 0 Å². The average molecular weight is 488 g/mol. The van der Waals surface area contributed by atoms with Crippen LogP contribution in [0.15, 0.2) is 39.8 Å². The maximum Gasteiger partial charge on any atom is 0.345 e. The molecule has 2 N–H and O–H groups in total. The van der Waals surface area contributed by atoms with Gasteiger partial charge in [0.2, 0.25) is 0 Å². The van der Waals surface area contributed by atoms with E-state index in [1.165, 1.54) is 26.1 Å². The van der Waals surface area contributed by atoms with Gasteiger partial charge in [0.05, 0.1) is 12.2 Å². The summed E-state index contributed by atoms with van der Waals surface area (Å²) in [4.78, 5) is 40.2.